The molecule has 0 radical (unpaired) electrons. The molecule has 0 bridgehead atoms. The molecule has 1 aromatic rings. The first kappa shape index (κ1) is 13.1. The van der Waals surface area contributed by atoms with Crippen molar-refractivity contribution >= 4 is 11.6 Å². The van der Waals surface area contributed by atoms with Crippen molar-refractivity contribution in [1.82, 2.24) is 15.3 Å². The van der Waals surface area contributed by atoms with Crippen molar-refractivity contribution in [2.75, 3.05) is 36.8 Å². The predicted octanol–water partition coefficient (Wildman–Crippen LogP) is 1.07. The minimum Gasteiger partial charge on any atom is -0.383 e. The third-order valence-corrected chi connectivity index (χ3v) is 3.25. The van der Waals surface area contributed by atoms with Crippen LogP contribution in [0, 0.1) is 6.92 Å². The van der Waals surface area contributed by atoms with E-state index in [4.69, 9.17) is 10.7 Å². The fraction of sp³-hybridized carbons (Fsp3) is 0.692. The third kappa shape index (κ3) is 2.56. The molecular formula is C13H23N5. The Kier molecular flexibility index (Phi) is 3.43. The van der Waals surface area contributed by atoms with Gasteiger partial charge in [0.05, 0.1) is 0 Å². The van der Waals surface area contributed by atoms with Crippen molar-refractivity contribution in [2.24, 2.45) is 0 Å². The third-order valence-electron chi connectivity index (χ3n) is 3.25. The summed E-state index contributed by atoms with van der Waals surface area (Å²) < 4.78 is 0. The normalized spacial score (nSPS) is 17.0. The fourth-order valence-electron chi connectivity index (χ4n) is 2.04. The summed E-state index contributed by atoms with van der Waals surface area (Å²) in [6, 6.07) is 0. The largest absolute Gasteiger partial charge is 0.383 e. The SMILES string of the molecule is Cc1c(N)nc(C(C)(C)C)nc1N1CCNCC1. The zero-order chi connectivity index (χ0) is 13.3. The highest BCUT2D eigenvalue weighted by Gasteiger charge is 2.23. The number of aromatic nitrogens is 2. The molecule has 5 nitrogen and oxygen atoms in total. The Morgan fingerprint density at radius 1 is 1.17 bits per heavy atom. The van der Waals surface area contributed by atoms with Crippen molar-refractivity contribution < 1.29 is 0 Å². The van der Waals surface area contributed by atoms with Crippen molar-refractivity contribution in [3.63, 3.8) is 0 Å². The van der Waals surface area contributed by atoms with E-state index in [1.165, 1.54) is 0 Å². The van der Waals surface area contributed by atoms with E-state index in [0.717, 1.165) is 43.4 Å². The number of piperazine rings is 1. The van der Waals surface area contributed by atoms with E-state index in [2.05, 4.69) is 36.0 Å². The summed E-state index contributed by atoms with van der Waals surface area (Å²) >= 11 is 0. The van der Waals surface area contributed by atoms with Crippen LogP contribution in [0.3, 0.4) is 0 Å². The second-order valence-corrected chi connectivity index (χ2v) is 5.87. The predicted molar refractivity (Wildman–Crippen MR) is 75.0 cm³/mol. The molecule has 1 aliphatic heterocycles. The number of anilines is 2. The van der Waals surface area contributed by atoms with Gasteiger partial charge in [-0.25, -0.2) is 9.97 Å². The maximum atomic E-state index is 6.03. The summed E-state index contributed by atoms with van der Waals surface area (Å²) in [6.45, 7) is 12.3. The molecule has 5 heteroatoms. The maximum Gasteiger partial charge on any atom is 0.138 e. The van der Waals surface area contributed by atoms with Gasteiger partial charge in [-0.1, -0.05) is 20.8 Å². The number of nitrogens with one attached hydrogen (secondary N) is 1. The van der Waals surface area contributed by atoms with Gasteiger partial charge in [0.15, 0.2) is 0 Å². The van der Waals surface area contributed by atoms with Crippen LogP contribution in [0.2, 0.25) is 0 Å². The molecule has 0 saturated carbocycles. The number of nitrogen functional groups attached to an aromatic ring is 1. The molecule has 2 heterocycles. The van der Waals surface area contributed by atoms with Gasteiger partial charge in [0.25, 0.3) is 0 Å². The van der Waals surface area contributed by atoms with Crippen LogP contribution in [0.15, 0.2) is 0 Å². The summed E-state index contributed by atoms with van der Waals surface area (Å²) in [5, 5.41) is 3.35. The van der Waals surface area contributed by atoms with E-state index in [1.54, 1.807) is 0 Å². The molecular weight excluding hydrogens is 226 g/mol. The monoisotopic (exact) mass is 249 g/mol. The number of hydrogen-bond donors (Lipinski definition) is 2. The Morgan fingerprint density at radius 3 is 2.33 bits per heavy atom. The standard InChI is InChI=1S/C13H23N5/c1-9-10(14)16-12(13(2,3)4)17-11(9)18-7-5-15-6-8-18/h15H,5-8H2,1-4H3,(H2,14,16,17). The van der Waals surface area contributed by atoms with Crippen LogP contribution in [0.4, 0.5) is 11.6 Å². The quantitative estimate of drug-likeness (QED) is 0.779. The summed E-state index contributed by atoms with van der Waals surface area (Å²) in [4.78, 5) is 11.4. The number of nitrogens with two attached hydrogens (primary N) is 1. The lowest BCUT2D eigenvalue weighted by Crippen LogP contribution is -2.44. The van der Waals surface area contributed by atoms with Gasteiger partial charge in [0, 0.05) is 37.2 Å². The maximum absolute atomic E-state index is 6.03. The first-order valence-electron chi connectivity index (χ1n) is 6.50. The lowest BCUT2D eigenvalue weighted by Gasteiger charge is -2.31. The molecule has 100 valence electrons. The van der Waals surface area contributed by atoms with E-state index in [0.29, 0.717) is 5.82 Å². The van der Waals surface area contributed by atoms with Crippen molar-refractivity contribution in [3.8, 4) is 0 Å². The van der Waals surface area contributed by atoms with Crippen LogP contribution >= 0.6 is 0 Å². The Morgan fingerprint density at radius 2 is 1.78 bits per heavy atom. The average Bonchev–Trinajstić information content (AvgIpc) is 2.32. The van der Waals surface area contributed by atoms with Crippen molar-refractivity contribution in [3.05, 3.63) is 11.4 Å². The van der Waals surface area contributed by atoms with Crippen LogP contribution < -0.4 is 16.0 Å². The van der Waals surface area contributed by atoms with Crippen LogP contribution in [0.25, 0.3) is 0 Å². The zero-order valence-electron chi connectivity index (χ0n) is 11.7. The van der Waals surface area contributed by atoms with Crippen molar-refractivity contribution in [1.29, 1.82) is 0 Å². The van der Waals surface area contributed by atoms with Crippen molar-refractivity contribution in [2.45, 2.75) is 33.1 Å². The molecule has 1 fully saturated rings. The highest BCUT2D eigenvalue weighted by atomic mass is 15.2. The average molecular weight is 249 g/mol. The van der Waals surface area contributed by atoms with E-state index in [-0.39, 0.29) is 5.41 Å². The topological polar surface area (TPSA) is 67.1 Å². The van der Waals surface area contributed by atoms with E-state index in [9.17, 15) is 0 Å². The number of rotatable bonds is 1. The van der Waals surface area contributed by atoms with E-state index >= 15 is 0 Å². The lowest BCUT2D eigenvalue weighted by atomic mass is 9.95. The molecule has 1 saturated heterocycles. The second kappa shape index (κ2) is 4.72. The van der Waals surface area contributed by atoms with Gasteiger partial charge in [-0.2, -0.15) is 0 Å². The number of hydrogen-bond acceptors (Lipinski definition) is 5. The minimum absolute atomic E-state index is 0.0788. The Balaban J connectivity index is 2.42. The van der Waals surface area contributed by atoms with Gasteiger partial charge in [-0.15, -0.1) is 0 Å². The Bertz CT molecular complexity index is 430. The van der Waals surface area contributed by atoms with E-state index < -0.39 is 0 Å². The second-order valence-electron chi connectivity index (χ2n) is 5.87. The van der Waals surface area contributed by atoms with Crippen LogP contribution in [-0.2, 0) is 5.41 Å². The zero-order valence-corrected chi connectivity index (χ0v) is 11.7. The van der Waals surface area contributed by atoms with Gasteiger partial charge in [0.1, 0.15) is 17.5 Å². The number of nitrogens with zero attached hydrogens (tertiary/aromatic N) is 3. The highest BCUT2D eigenvalue weighted by Crippen LogP contribution is 2.27. The highest BCUT2D eigenvalue weighted by molar-refractivity contribution is 5.57. The smallest absolute Gasteiger partial charge is 0.138 e. The molecule has 0 atom stereocenters. The van der Waals surface area contributed by atoms with Crippen LogP contribution in [0.5, 0.6) is 0 Å². The first-order chi connectivity index (χ1) is 8.39. The molecule has 2 rings (SSSR count). The Hall–Kier alpha value is -1.36. The minimum atomic E-state index is -0.0788. The first-order valence-corrected chi connectivity index (χ1v) is 6.50. The summed E-state index contributed by atoms with van der Waals surface area (Å²) in [7, 11) is 0. The molecule has 0 amide bonds. The summed E-state index contributed by atoms with van der Waals surface area (Å²) in [5.74, 6) is 2.41. The molecule has 0 aromatic carbocycles. The van der Waals surface area contributed by atoms with Crippen LogP contribution in [-0.4, -0.2) is 36.1 Å². The Labute approximate surface area is 109 Å². The molecule has 0 aliphatic carbocycles. The molecule has 0 spiro atoms. The molecule has 18 heavy (non-hydrogen) atoms. The van der Waals surface area contributed by atoms with Gasteiger partial charge in [0.2, 0.25) is 0 Å². The summed E-state index contributed by atoms with van der Waals surface area (Å²) in [6.07, 6.45) is 0. The van der Waals surface area contributed by atoms with Crippen LogP contribution in [0.1, 0.15) is 32.2 Å². The lowest BCUT2D eigenvalue weighted by molar-refractivity contribution is 0.538. The molecule has 3 N–H and O–H groups in total. The fourth-order valence-corrected chi connectivity index (χ4v) is 2.04. The van der Waals surface area contributed by atoms with E-state index in [1.807, 2.05) is 6.92 Å². The van der Waals surface area contributed by atoms with Gasteiger partial charge in [-0.05, 0) is 6.92 Å². The summed E-state index contributed by atoms with van der Waals surface area (Å²) in [5.41, 5.74) is 6.94. The van der Waals surface area contributed by atoms with Gasteiger partial charge >= 0.3 is 0 Å². The van der Waals surface area contributed by atoms with Gasteiger partial charge < -0.3 is 16.0 Å². The molecule has 1 aliphatic rings. The molecule has 1 aromatic heterocycles. The van der Waals surface area contributed by atoms with Gasteiger partial charge in [-0.3, -0.25) is 0 Å². The molecule has 0 unspecified atom stereocenters.